The lowest BCUT2D eigenvalue weighted by Gasteiger charge is -2.32. The van der Waals surface area contributed by atoms with Crippen LogP contribution in [0.3, 0.4) is 0 Å². The van der Waals surface area contributed by atoms with Gasteiger partial charge < -0.3 is 10.6 Å². The van der Waals surface area contributed by atoms with Crippen LogP contribution in [0.2, 0.25) is 0 Å². The second-order valence-electron chi connectivity index (χ2n) is 4.20. The Hall–Kier alpha value is -1.30. The van der Waals surface area contributed by atoms with Crippen molar-refractivity contribution in [1.82, 2.24) is 4.98 Å². The summed E-state index contributed by atoms with van der Waals surface area (Å²) in [5.41, 5.74) is 5.06. The second kappa shape index (κ2) is 4.52. The first-order valence-electron chi connectivity index (χ1n) is 5.51. The van der Waals surface area contributed by atoms with E-state index in [0.717, 1.165) is 6.07 Å². The number of anilines is 1. The summed E-state index contributed by atoms with van der Waals surface area (Å²) in [5.74, 6) is 0.0203. The summed E-state index contributed by atoms with van der Waals surface area (Å²) < 4.78 is 38.4. The van der Waals surface area contributed by atoms with Crippen molar-refractivity contribution in [3.63, 3.8) is 0 Å². The van der Waals surface area contributed by atoms with Gasteiger partial charge in [0.05, 0.1) is 5.56 Å². The first-order valence-corrected chi connectivity index (χ1v) is 5.51. The molecule has 0 spiro atoms. The first kappa shape index (κ1) is 12.2. The largest absolute Gasteiger partial charge is 0.419 e. The molecule has 1 aromatic rings. The Morgan fingerprint density at radius 2 is 1.94 bits per heavy atom. The first-order chi connectivity index (χ1) is 7.98. The minimum absolute atomic E-state index is 0.0203. The Bertz CT molecular complexity index is 384. The van der Waals surface area contributed by atoms with Crippen LogP contribution in [0.1, 0.15) is 18.4 Å². The smallest absolute Gasteiger partial charge is 0.356 e. The number of rotatable bonds is 1. The lowest BCUT2D eigenvalue weighted by Crippen LogP contribution is -2.40. The van der Waals surface area contributed by atoms with Crippen molar-refractivity contribution in [2.75, 3.05) is 18.0 Å². The summed E-state index contributed by atoms with van der Waals surface area (Å²) in [6.07, 6.45) is -1.57. The molecule has 2 heterocycles. The van der Waals surface area contributed by atoms with Crippen LogP contribution in [0, 0.1) is 0 Å². The molecule has 0 saturated carbocycles. The van der Waals surface area contributed by atoms with Crippen LogP contribution >= 0.6 is 0 Å². The van der Waals surface area contributed by atoms with Gasteiger partial charge in [-0.3, -0.25) is 0 Å². The van der Waals surface area contributed by atoms with Gasteiger partial charge in [0.1, 0.15) is 5.82 Å². The highest BCUT2D eigenvalue weighted by Gasteiger charge is 2.36. The van der Waals surface area contributed by atoms with Crippen molar-refractivity contribution in [3.05, 3.63) is 23.9 Å². The lowest BCUT2D eigenvalue weighted by atomic mass is 10.1. The van der Waals surface area contributed by atoms with Crippen molar-refractivity contribution >= 4 is 5.82 Å². The molecule has 0 aromatic carbocycles. The molecule has 94 valence electrons. The van der Waals surface area contributed by atoms with Gasteiger partial charge in [-0.15, -0.1) is 0 Å². The van der Waals surface area contributed by atoms with Crippen molar-refractivity contribution < 1.29 is 13.2 Å². The predicted molar refractivity (Wildman–Crippen MR) is 58.7 cm³/mol. The molecular weight excluding hydrogens is 231 g/mol. The molecule has 0 bridgehead atoms. The van der Waals surface area contributed by atoms with Gasteiger partial charge in [-0.2, -0.15) is 13.2 Å². The monoisotopic (exact) mass is 245 g/mol. The van der Waals surface area contributed by atoms with Crippen LogP contribution in [-0.4, -0.2) is 24.1 Å². The summed E-state index contributed by atoms with van der Waals surface area (Å²) in [6, 6.07) is 2.46. The molecule has 0 aliphatic carbocycles. The van der Waals surface area contributed by atoms with Crippen LogP contribution < -0.4 is 10.6 Å². The molecule has 0 unspecified atom stereocenters. The maximum absolute atomic E-state index is 12.8. The Labute approximate surface area is 97.4 Å². The van der Waals surface area contributed by atoms with E-state index in [1.165, 1.54) is 12.3 Å². The van der Waals surface area contributed by atoms with E-state index in [1.807, 2.05) is 0 Å². The fraction of sp³-hybridized carbons (Fsp3) is 0.545. The van der Waals surface area contributed by atoms with Gasteiger partial charge in [0.2, 0.25) is 0 Å². The molecule has 2 N–H and O–H groups in total. The van der Waals surface area contributed by atoms with Crippen LogP contribution in [0.25, 0.3) is 0 Å². The van der Waals surface area contributed by atoms with E-state index in [-0.39, 0.29) is 11.9 Å². The molecule has 17 heavy (non-hydrogen) atoms. The number of hydrogen-bond donors (Lipinski definition) is 1. The minimum Gasteiger partial charge on any atom is -0.356 e. The summed E-state index contributed by atoms with van der Waals surface area (Å²) in [5, 5.41) is 0. The third-order valence-electron chi connectivity index (χ3n) is 2.93. The van der Waals surface area contributed by atoms with Gasteiger partial charge in [0, 0.05) is 25.3 Å². The molecule has 0 amide bonds. The van der Waals surface area contributed by atoms with Gasteiger partial charge in [-0.25, -0.2) is 4.98 Å². The molecule has 1 saturated heterocycles. The number of nitrogens with zero attached hydrogens (tertiary/aromatic N) is 2. The Morgan fingerprint density at radius 1 is 1.29 bits per heavy atom. The Balaban J connectivity index is 2.26. The SMILES string of the molecule is NC1CCN(c2ncccc2C(F)(F)F)CC1. The van der Waals surface area contributed by atoms with E-state index in [9.17, 15) is 13.2 Å². The molecule has 0 radical (unpaired) electrons. The van der Waals surface area contributed by atoms with Crippen LogP contribution in [0.15, 0.2) is 18.3 Å². The average molecular weight is 245 g/mol. The number of nitrogens with two attached hydrogens (primary N) is 1. The Morgan fingerprint density at radius 3 is 2.53 bits per heavy atom. The van der Waals surface area contributed by atoms with E-state index in [2.05, 4.69) is 4.98 Å². The minimum atomic E-state index is -4.36. The lowest BCUT2D eigenvalue weighted by molar-refractivity contribution is -0.137. The molecule has 1 aliphatic heterocycles. The van der Waals surface area contributed by atoms with Crippen molar-refractivity contribution in [2.45, 2.75) is 25.1 Å². The highest BCUT2D eigenvalue weighted by atomic mass is 19.4. The summed E-state index contributed by atoms with van der Waals surface area (Å²) >= 11 is 0. The normalized spacial score (nSPS) is 18.5. The van der Waals surface area contributed by atoms with E-state index in [1.54, 1.807) is 4.90 Å². The average Bonchev–Trinajstić information content (AvgIpc) is 2.29. The van der Waals surface area contributed by atoms with E-state index < -0.39 is 11.7 Å². The highest BCUT2D eigenvalue weighted by molar-refractivity contribution is 5.48. The molecule has 1 aliphatic rings. The van der Waals surface area contributed by atoms with Crippen LogP contribution in [0.4, 0.5) is 19.0 Å². The van der Waals surface area contributed by atoms with E-state index >= 15 is 0 Å². The third-order valence-corrected chi connectivity index (χ3v) is 2.93. The zero-order chi connectivity index (χ0) is 12.5. The van der Waals surface area contributed by atoms with Crippen molar-refractivity contribution in [2.24, 2.45) is 5.73 Å². The van der Waals surface area contributed by atoms with Gasteiger partial charge in [0.25, 0.3) is 0 Å². The molecule has 1 aromatic heterocycles. The van der Waals surface area contributed by atoms with Gasteiger partial charge in [0.15, 0.2) is 0 Å². The predicted octanol–water partition coefficient (Wildman–Crippen LogP) is 2.03. The standard InChI is InChI=1S/C11H14F3N3/c12-11(13,14)9-2-1-5-16-10(9)17-6-3-8(15)4-7-17/h1-2,5,8H,3-4,6-7,15H2. The molecule has 1 fully saturated rings. The number of aromatic nitrogens is 1. The zero-order valence-electron chi connectivity index (χ0n) is 9.24. The fourth-order valence-corrected chi connectivity index (χ4v) is 1.98. The van der Waals surface area contributed by atoms with Crippen molar-refractivity contribution in [1.29, 1.82) is 0 Å². The third kappa shape index (κ3) is 2.69. The number of halogens is 3. The molecule has 2 rings (SSSR count). The number of pyridine rings is 1. The van der Waals surface area contributed by atoms with E-state index in [4.69, 9.17) is 5.73 Å². The number of hydrogen-bond acceptors (Lipinski definition) is 3. The quantitative estimate of drug-likeness (QED) is 0.823. The van der Waals surface area contributed by atoms with E-state index in [0.29, 0.717) is 25.9 Å². The van der Waals surface area contributed by atoms with Crippen LogP contribution in [-0.2, 0) is 6.18 Å². The topological polar surface area (TPSA) is 42.1 Å². The summed E-state index contributed by atoms with van der Waals surface area (Å²) in [7, 11) is 0. The highest BCUT2D eigenvalue weighted by Crippen LogP contribution is 2.35. The number of alkyl halides is 3. The van der Waals surface area contributed by atoms with Gasteiger partial charge >= 0.3 is 6.18 Å². The van der Waals surface area contributed by atoms with Gasteiger partial charge in [-0.1, -0.05) is 0 Å². The summed E-state index contributed by atoms with van der Waals surface area (Å²) in [6.45, 7) is 1.06. The second-order valence-corrected chi connectivity index (χ2v) is 4.20. The van der Waals surface area contributed by atoms with Crippen molar-refractivity contribution in [3.8, 4) is 0 Å². The van der Waals surface area contributed by atoms with Gasteiger partial charge in [-0.05, 0) is 25.0 Å². The molecule has 0 atom stereocenters. The molecular formula is C11H14F3N3. The molecule has 6 heteroatoms. The molecule has 3 nitrogen and oxygen atoms in total. The summed E-state index contributed by atoms with van der Waals surface area (Å²) in [4.78, 5) is 5.52. The maximum Gasteiger partial charge on any atom is 0.419 e. The number of piperidine rings is 1. The maximum atomic E-state index is 12.8. The fourth-order valence-electron chi connectivity index (χ4n) is 1.98. The van der Waals surface area contributed by atoms with Crippen LogP contribution in [0.5, 0.6) is 0 Å². The zero-order valence-corrected chi connectivity index (χ0v) is 9.24. The Kier molecular flexibility index (Phi) is 3.24.